The molecule has 0 saturated carbocycles. The van der Waals surface area contributed by atoms with E-state index < -0.39 is 10.0 Å². The number of ether oxygens (including phenoxy) is 1. The maximum atomic E-state index is 11.5. The lowest BCUT2D eigenvalue weighted by molar-refractivity contribution is 0.364. The number of hydrogen-bond acceptors (Lipinski definition) is 8. The third kappa shape index (κ3) is 3.70. The van der Waals surface area contributed by atoms with E-state index in [1.807, 2.05) is 0 Å². The standard InChI is InChI=1S/C7H13N5O3S2/c1-12(2)11-6-5(17(8,13)14)7(15-4-16)10-3-9-6/h3,16H,4H2,1-2H3,(H2,8,13,14)(H,9,10,11). The Bertz CT molecular complexity index is 490. The second-order valence-electron chi connectivity index (χ2n) is 3.18. The van der Waals surface area contributed by atoms with Gasteiger partial charge in [-0.1, -0.05) is 0 Å². The highest BCUT2D eigenvalue weighted by Crippen LogP contribution is 2.26. The molecule has 0 radical (unpaired) electrons. The number of thiol groups is 1. The Hall–Kier alpha value is -1.10. The van der Waals surface area contributed by atoms with Crippen LogP contribution in [-0.2, 0) is 10.0 Å². The van der Waals surface area contributed by atoms with Gasteiger partial charge in [0.25, 0.3) is 0 Å². The van der Waals surface area contributed by atoms with Crippen molar-refractivity contribution in [2.24, 2.45) is 5.14 Å². The molecule has 0 aromatic carbocycles. The van der Waals surface area contributed by atoms with Crippen molar-refractivity contribution < 1.29 is 13.2 Å². The lowest BCUT2D eigenvalue weighted by Gasteiger charge is -2.16. The highest BCUT2D eigenvalue weighted by Gasteiger charge is 2.23. The smallest absolute Gasteiger partial charge is 0.247 e. The normalized spacial score (nSPS) is 11.6. The second-order valence-corrected chi connectivity index (χ2v) is 4.94. The number of rotatable bonds is 5. The molecule has 1 rings (SSSR count). The van der Waals surface area contributed by atoms with E-state index in [2.05, 4.69) is 28.0 Å². The van der Waals surface area contributed by atoms with E-state index in [0.717, 1.165) is 0 Å². The van der Waals surface area contributed by atoms with Crippen LogP contribution in [-0.4, -0.2) is 43.4 Å². The van der Waals surface area contributed by atoms with Crippen molar-refractivity contribution in [3.05, 3.63) is 6.33 Å². The number of nitrogens with zero attached hydrogens (tertiary/aromatic N) is 3. The molecule has 0 aliphatic rings. The maximum absolute atomic E-state index is 11.5. The molecule has 3 N–H and O–H groups in total. The summed E-state index contributed by atoms with van der Waals surface area (Å²) in [6, 6.07) is 0. The topological polar surface area (TPSA) is 110 Å². The summed E-state index contributed by atoms with van der Waals surface area (Å²) in [7, 11) is -0.656. The SMILES string of the molecule is CN(C)Nc1ncnc(OCS)c1S(N)(=O)=O. The van der Waals surface area contributed by atoms with Gasteiger partial charge in [-0.25, -0.2) is 28.5 Å². The maximum Gasteiger partial charge on any atom is 0.247 e. The zero-order valence-corrected chi connectivity index (χ0v) is 11.0. The molecule has 0 unspecified atom stereocenters. The number of anilines is 1. The Morgan fingerprint density at radius 3 is 2.65 bits per heavy atom. The number of sulfonamides is 1. The summed E-state index contributed by atoms with van der Waals surface area (Å²) in [6.45, 7) is 0. The van der Waals surface area contributed by atoms with Crippen LogP contribution >= 0.6 is 12.6 Å². The fraction of sp³-hybridized carbons (Fsp3) is 0.429. The third-order valence-corrected chi connectivity index (χ3v) is 2.65. The van der Waals surface area contributed by atoms with Crippen LogP contribution in [0.1, 0.15) is 0 Å². The van der Waals surface area contributed by atoms with E-state index in [1.54, 1.807) is 14.1 Å². The third-order valence-electron chi connectivity index (χ3n) is 1.59. The Morgan fingerprint density at radius 2 is 2.18 bits per heavy atom. The number of hydrogen-bond donors (Lipinski definition) is 3. The van der Waals surface area contributed by atoms with E-state index in [0.29, 0.717) is 0 Å². The monoisotopic (exact) mass is 279 g/mol. The quantitative estimate of drug-likeness (QED) is 0.370. The molecule has 0 bridgehead atoms. The largest absolute Gasteiger partial charge is 0.466 e. The summed E-state index contributed by atoms with van der Waals surface area (Å²) in [5.41, 5.74) is 2.70. The first-order valence-electron chi connectivity index (χ1n) is 4.41. The highest BCUT2D eigenvalue weighted by atomic mass is 32.2. The van der Waals surface area contributed by atoms with Crippen molar-refractivity contribution in [3.8, 4) is 5.88 Å². The summed E-state index contributed by atoms with van der Waals surface area (Å²) in [6.07, 6.45) is 1.17. The Kier molecular flexibility index (Phi) is 4.51. The highest BCUT2D eigenvalue weighted by molar-refractivity contribution is 7.89. The molecule has 0 fully saturated rings. The number of primary sulfonamides is 1. The van der Waals surface area contributed by atoms with Gasteiger partial charge < -0.3 is 10.2 Å². The van der Waals surface area contributed by atoms with Crippen molar-refractivity contribution in [1.29, 1.82) is 0 Å². The van der Waals surface area contributed by atoms with E-state index in [9.17, 15) is 8.42 Å². The van der Waals surface area contributed by atoms with E-state index in [4.69, 9.17) is 9.88 Å². The molecule has 0 amide bonds. The molecule has 1 heterocycles. The van der Waals surface area contributed by atoms with Crippen LogP contribution in [0.4, 0.5) is 5.82 Å². The molecule has 0 atom stereocenters. The van der Waals surface area contributed by atoms with Gasteiger partial charge in [0.2, 0.25) is 15.9 Å². The Morgan fingerprint density at radius 1 is 1.53 bits per heavy atom. The van der Waals surface area contributed by atoms with Crippen molar-refractivity contribution in [2.75, 3.05) is 25.5 Å². The van der Waals surface area contributed by atoms with E-state index in [1.165, 1.54) is 11.3 Å². The summed E-state index contributed by atoms with van der Waals surface area (Å²) in [5.74, 6) is -0.118. The van der Waals surface area contributed by atoms with Crippen LogP contribution < -0.4 is 15.3 Å². The van der Waals surface area contributed by atoms with Gasteiger partial charge in [0.1, 0.15) is 12.3 Å². The molecule has 10 heteroatoms. The summed E-state index contributed by atoms with van der Waals surface area (Å²) < 4.78 is 27.9. The molecule has 0 aliphatic heterocycles. The minimum absolute atomic E-state index is 0.0268. The molecule has 0 saturated heterocycles. The number of aromatic nitrogens is 2. The first kappa shape index (κ1) is 14.0. The Labute approximate surface area is 105 Å². The minimum Gasteiger partial charge on any atom is -0.466 e. The van der Waals surface area contributed by atoms with Gasteiger partial charge in [-0.3, -0.25) is 0 Å². The molecular weight excluding hydrogens is 266 g/mol. The zero-order chi connectivity index (χ0) is 13.1. The van der Waals surface area contributed by atoms with Crippen LogP contribution in [0.5, 0.6) is 5.88 Å². The molecule has 8 nitrogen and oxygen atoms in total. The first-order valence-corrected chi connectivity index (χ1v) is 6.59. The van der Waals surface area contributed by atoms with Gasteiger partial charge in [-0.2, -0.15) is 0 Å². The van der Waals surface area contributed by atoms with E-state index in [-0.39, 0.29) is 22.5 Å². The number of nitrogens with two attached hydrogens (primary N) is 1. The predicted octanol–water partition coefficient (Wildman–Crippen LogP) is -0.721. The molecular formula is C7H13N5O3S2. The zero-order valence-electron chi connectivity index (χ0n) is 9.28. The predicted molar refractivity (Wildman–Crippen MR) is 65.2 cm³/mol. The van der Waals surface area contributed by atoms with Crippen LogP contribution in [0.3, 0.4) is 0 Å². The van der Waals surface area contributed by atoms with Crippen LogP contribution in [0.15, 0.2) is 11.2 Å². The molecule has 0 aliphatic carbocycles. The fourth-order valence-electron chi connectivity index (χ4n) is 1.07. The second kappa shape index (κ2) is 5.49. The van der Waals surface area contributed by atoms with Crippen molar-refractivity contribution in [3.63, 3.8) is 0 Å². The van der Waals surface area contributed by atoms with Gasteiger partial charge >= 0.3 is 0 Å². The van der Waals surface area contributed by atoms with Crippen molar-refractivity contribution >= 4 is 28.5 Å². The van der Waals surface area contributed by atoms with Gasteiger partial charge in [0, 0.05) is 14.1 Å². The van der Waals surface area contributed by atoms with Crippen LogP contribution in [0, 0.1) is 0 Å². The average Bonchev–Trinajstić information content (AvgIpc) is 2.15. The average molecular weight is 279 g/mol. The molecule has 0 spiro atoms. The van der Waals surface area contributed by atoms with Crippen LogP contribution in [0.2, 0.25) is 0 Å². The lowest BCUT2D eigenvalue weighted by Crippen LogP contribution is -2.24. The molecule has 96 valence electrons. The van der Waals surface area contributed by atoms with Crippen molar-refractivity contribution in [1.82, 2.24) is 15.0 Å². The van der Waals surface area contributed by atoms with Gasteiger partial charge in [-0.15, -0.1) is 12.6 Å². The van der Waals surface area contributed by atoms with Crippen molar-refractivity contribution in [2.45, 2.75) is 4.90 Å². The molecule has 1 aromatic rings. The number of hydrazine groups is 1. The lowest BCUT2D eigenvalue weighted by atomic mass is 10.5. The first-order chi connectivity index (χ1) is 7.86. The molecule has 1 aromatic heterocycles. The summed E-state index contributed by atoms with van der Waals surface area (Å²) in [4.78, 5) is 7.20. The number of nitrogens with one attached hydrogen (secondary N) is 1. The summed E-state index contributed by atoms with van der Waals surface area (Å²) in [5, 5.41) is 6.61. The van der Waals surface area contributed by atoms with E-state index >= 15 is 0 Å². The Balaban J connectivity index is 3.35. The van der Waals surface area contributed by atoms with Crippen LogP contribution in [0.25, 0.3) is 0 Å². The summed E-state index contributed by atoms with van der Waals surface area (Å²) >= 11 is 3.83. The van der Waals surface area contributed by atoms with Gasteiger partial charge in [0.15, 0.2) is 10.7 Å². The molecule has 17 heavy (non-hydrogen) atoms. The van der Waals surface area contributed by atoms with Gasteiger partial charge in [-0.05, 0) is 0 Å². The fourth-order valence-corrected chi connectivity index (χ4v) is 1.91. The minimum atomic E-state index is -4.01. The van der Waals surface area contributed by atoms with Gasteiger partial charge in [0.05, 0.1) is 0 Å².